The molecule has 66 valence electrons. The third kappa shape index (κ3) is 2.38. The highest BCUT2D eigenvalue weighted by Gasteiger charge is 2.28. The van der Waals surface area contributed by atoms with Gasteiger partial charge in [0.25, 0.3) is 0 Å². The molecule has 1 rings (SSSR count). The quantitative estimate of drug-likeness (QED) is 0.660. The van der Waals surface area contributed by atoms with Crippen molar-refractivity contribution in [3.8, 4) is 0 Å². The van der Waals surface area contributed by atoms with E-state index in [0.29, 0.717) is 26.1 Å². The monoisotopic (exact) mass is 165 g/mol. The fraction of sp³-hybridized carbons (Fsp3) is 1.00. The summed E-state index contributed by atoms with van der Waals surface area (Å²) in [6, 6.07) is 0. The Balaban J connectivity index is 2.23. The van der Waals surface area contributed by atoms with E-state index >= 15 is 0 Å². The Morgan fingerprint density at radius 1 is 1.55 bits per heavy atom. The number of hydrogen-bond acceptors (Lipinski definition) is 2. The summed E-state index contributed by atoms with van der Waals surface area (Å²) in [5, 5.41) is 8.52. The van der Waals surface area contributed by atoms with Gasteiger partial charge in [-0.25, -0.2) is 8.78 Å². The maximum Gasteiger partial charge on any atom is 0.242 e. The number of β-amino-alcohol motifs (C(OH)–C–C–N with tert-alkyl or cyclic N) is 1. The molecule has 4 heteroatoms. The van der Waals surface area contributed by atoms with E-state index in [2.05, 4.69) is 0 Å². The molecule has 0 spiro atoms. The molecule has 1 fully saturated rings. The number of aliphatic hydroxyl groups excluding tert-OH is 1. The smallest absolute Gasteiger partial charge is 0.242 e. The van der Waals surface area contributed by atoms with Crippen molar-refractivity contribution in [1.82, 2.24) is 4.90 Å². The molecule has 0 aromatic carbocycles. The molecule has 0 aliphatic carbocycles. The molecular weight excluding hydrogens is 152 g/mol. The van der Waals surface area contributed by atoms with E-state index in [0.717, 1.165) is 0 Å². The van der Waals surface area contributed by atoms with Crippen molar-refractivity contribution >= 4 is 0 Å². The van der Waals surface area contributed by atoms with Gasteiger partial charge in [0.1, 0.15) is 0 Å². The predicted molar refractivity (Wildman–Crippen MR) is 37.6 cm³/mol. The third-order valence-corrected chi connectivity index (χ3v) is 2.08. The highest BCUT2D eigenvalue weighted by molar-refractivity contribution is 4.76. The summed E-state index contributed by atoms with van der Waals surface area (Å²) >= 11 is 0. The molecule has 0 unspecified atom stereocenters. The lowest BCUT2D eigenvalue weighted by Gasteiger charge is -2.13. The van der Waals surface area contributed by atoms with Crippen molar-refractivity contribution in [2.75, 3.05) is 26.2 Å². The van der Waals surface area contributed by atoms with Gasteiger partial charge < -0.3 is 10.0 Å². The number of likely N-dealkylation sites (tertiary alicyclic amines) is 1. The Morgan fingerprint density at radius 2 is 2.27 bits per heavy atom. The molecule has 1 N–H and O–H groups in total. The number of alkyl halides is 2. The van der Waals surface area contributed by atoms with E-state index in [1.54, 1.807) is 0 Å². The maximum absolute atomic E-state index is 12.1. The number of nitrogens with zero attached hydrogens (tertiary/aromatic N) is 1. The highest BCUT2D eigenvalue weighted by atomic mass is 19.3. The first-order chi connectivity index (χ1) is 5.24. The van der Waals surface area contributed by atoms with Gasteiger partial charge in [0.15, 0.2) is 0 Å². The first kappa shape index (κ1) is 8.87. The van der Waals surface area contributed by atoms with Gasteiger partial charge in [-0.1, -0.05) is 0 Å². The Morgan fingerprint density at radius 3 is 2.73 bits per heavy atom. The Hall–Kier alpha value is -0.220. The second-order valence-electron chi connectivity index (χ2n) is 2.91. The maximum atomic E-state index is 12.1. The van der Waals surface area contributed by atoms with E-state index in [-0.39, 0.29) is 6.61 Å². The van der Waals surface area contributed by atoms with Crippen molar-refractivity contribution in [2.45, 2.75) is 12.8 Å². The minimum absolute atomic E-state index is 0.0654. The number of hydrogen-bond donors (Lipinski definition) is 1. The van der Waals surface area contributed by atoms with Crippen LogP contribution in [-0.2, 0) is 0 Å². The van der Waals surface area contributed by atoms with Crippen LogP contribution in [0.15, 0.2) is 0 Å². The van der Waals surface area contributed by atoms with Crippen LogP contribution in [0.5, 0.6) is 0 Å². The van der Waals surface area contributed by atoms with Crippen LogP contribution in [-0.4, -0.2) is 42.7 Å². The van der Waals surface area contributed by atoms with Gasteiger partial charge in [0.2, 0.25) is 6.43 Å². The van der Waals surface area contributed by atoms with Gasteiger partial charge in [0, 0.05) is 19.0 Å². The summed E-state index contributed by atoms with van der Waals surface area (Å²) < 4.78 is 24.1. The molecule has 1 saturated heterocycles. The van der Waals surface area contributed by atoms with Gasteiger partial charge in [-0.05, 0) is 13.0 Å². The van der Waals surface area contributed by atoms with Crippen molar-refractivity contribution in [3.63, 3.8) is 0 Å². The lowest BCUT2D eigenvalue weighted by Crippen LogP contribution is -2.25. The lowest BCUT2D eigenvalue weighted by atomic mass is 10.1. The van der Waals surface area contributed by atoms with Crippen molar-refractivity contribution in [1.29, 1.82) is 0 Å². The molecule has 0 aromatic heterocycles. The molecule has 1 atom stereocenters. The normalized spacial score (nSPS) is 26.7. The first-order valence-corrected chi connectivity index (χ1v) is 3.85. The van der Waals surface area contributed by atoms with Crippen LogP contribution < -0.4 is 0 Å². The molecule has 0 radical (unpaired) electrons. The van der Waals surface area contributed by atoms with Gasteiger partial charge in [-0.3, -0.25) is 0 Å². The Labute approximate surface area is 64.8 Å². The zero-order valence-electron chi connectivity index (χ0n) is 6.34. The average Bonchev–Trinajstić information content (AvgIpc) is 2.37. The average molecular weight is 165 g/mol. The van der Waals surface area contributed by atoms with Crippen molar-refractivity contribution in [3.05, 3.63) is 0 Å². The SMILES string of the molecule is OCCN1CC[C@@H](C(F)F)C1. The summed E-state index contributed by atoms with van der Waals surface area (Å²) in [5.41, 5.74) is 0. The number of halogens is 2. The fourth-order valence-corrected chi connectivity index (χ4v) is 1.41. The van der Waals surface area contributed by atoms with Gasteiger partial charge >= 0.3 is 0 Å². The molecular formula is C7H13F2NO. The molecule has 1 aliphatic heterocycles. The standard InChI is InChI=1S/C7H13F2NO/c8-7(9)6-1-2-10(5-6)3-4-11/h6-7,11H,1-5H2/t6-/m1/s1. The molecule has 0 amide bonds. The summed E-state index contributed by atoms with van der Waals surface area (Å²) in [6.45, 7) is 1.74. The van der Waals surface area contributed by atoms with Gasteiger partial charge in [0.05, 0.1) is 6.61 Å². The van der Waals surface area contributed by atoms with Crippen molar-refractivity contribution in [2.24, 2.45) is 5.92 Å². The van der Waals surface area contributed by atoms with Crippen LogP contribution in [0.3, 0.4) is 0 Å². The number of rotatable bonds is 3. The molecule has 11 heavy (non-hydrogen) atoms. The van der Waals surface area contributed by atoms with Gasteiger partial charge in [-0.2, -0.15) is 0 Å². The lowest BCUT2D eigenvalue weighted by molar-refractivity contribution is 0.0793. The highest BCUT2D eigenvalue weighted by Crippen LogP contribution is 2.21. The first-order valence-electron chi connectivity index (χ1n) is 3.85. The van der Waals surface area contributed by atoms with Crippen LogP contribution >= 0.6 is 0 Å². The summed E-state index contributed by atoms with van der Waals surface area (Å²) in [6.07, 6.45) is -1.63. The van der Waals surface area contributed by atoms with Crippen LogP contribution in [0.25, 0.3) is 0 Å². The predicted octanol–water partition coefficient (Wildman–Crippen LogP) is 0.566. The van der Waals surface area contributed by atoms with E-state index < -0.39 is 12.3 Å². The topological polar surface area (TPSA) is 23.5 Å². The summed E-state index contributed by atoms with van der Waals surface area (Å²) in [5.74, 6) is -0.471. The molecule has 0 bridgehead atoms. The zero-order chi connectivity index (χ0) is 8.27. The summed E-state index contributed by atoms with van der Waals surface area (Å²) in [7, 11) is 0. The minimum atomic E-state index is -2.20. The second-order valence-corrected chi connectivity index (χ2v) is 2.91. The molecule has 2 nitrogen and oxygen atoms in total. The molecule has 0 saturated carbocycles. The Bertz CT molecular complexity index is 121. The molecule has 1 aliphatic rings. The number of aliphatic hydroxyl groups is 1. The van der Waals surface area contributed by atoms with E-state index in [1.807, 2.05) is 4.90 Å². The van der Waals surface area contributed by atoms with Crippen LogP contribution in [0.4, 0.5) is 8.78 Å². The molecule has 1 heterocycles. The fourth-order valence-electron chi connectivity index (χ4n) is 1.41. The zero-order valence-corrected chi connectivity index (χ0v) is 6.34. The van der Waals surface area contributed by atoms with Gasteiger partial charge in [-0.15, -0.1) is 0 Å². The molecule has 0 aromatic rings. The minimum Gasteiger partial charge on any atom is -0.395 e. The second kappa shape index (κ2) is 3.97. The van der Waals surface area contributed by atoms with Crippen molar-refractivity contribution < 1.29 is 13.9 Å². The largest absolute Gasteiger partial charge is 0.395 e. The third-order valence-electron chi connectivity index (χ3n) is 2.08. The Kier molecular flexibility index (Phi) is 3.20. The van der Waals surface area contributed by atoms with E-state index in [4.69, 9.17) is 5.11 Å². The summed E-state index contributed by atoms with van der Waals surface area (Å²) in [4.78, 5) is 1.87. The van der Waals surface area contributed by atoms with E-state index in [1.165, 1.54) is 0 Å². The van der Waals surface area contributed by atoms with Crippen LogP contribution in [0.1, 0.15) is 6.42 Å². The van der Waals surface area contributed by atoms with E-state index in [9.17, 15) is 8.78 Å². The van der Waals surface area contributed by atoms with Crippen LogP contribution in [0.2, 0.25) is 0 Å². The van der Waals surface area contributed by atoms with Crippen LogP contribution in [0, 0.1) is 5.92 Å².